The Balaban J connectivity index is 1.95. The van der Waals surface area contributed by atoms with E-state index in [0.717, 1.165) is 18.4 Å². The highest BCUT2D eigenvalue weighted by Crippen LogP contribution is 2.34. The number of carbonyl (C=O) groups is 1. The highest BCUT2D eigenvalue weighted by molar-refractivity contribution is 8.01. The van der Waals surface area contributed by atoms with Gasteiger partial charge in [0.1, 0.15) is 5.60 Å². The lowest BCUT2D eigenvalue weighted by Gasteiger charge is -2.34. The third-order valence-corrected chi connectivity index (χ3v) is 5.04. The molecule has 1 atom stereocenters. The summed E-state index contributed by atoms with van der Waals surface area (Å²) in [6.07, 6.45) is 2.67. The van der Waals surface area contributed by atoms with Crippen LogP contribution in [-0.2, 0) is 16.8 Å². The highest BCUT2D eigenvalue weighted by Gasteiger charge is 2.34. The standard InChI is InChI=1S/C17H25NO2S/c1-16(2,3)21-11-15(19)18-12-17(20)10-6-8-13-7-4-5-9-14(13)17/h4-5,7,9,20H,6,8,10-12H2,1-3H3,(H,18,19). The van der Waals surface area contributed by atoms with Crippen LogP contribution in [0.25, 0.3) is 0 Å². The zero-order valence-corrected chi connectivity index (χ0v) is 13.9. The fraction of sp³-hybridized carbons (Fsp3) is 0.588. The van der Waals surface area contributed by atoms with Crippen LogP contribution in [0.15, 0.2) is 24.3 Å². The van der Waals surface area contributed by atoms with Crippen molar-refractivity contribution in [2.45, 2.75) is 50.4 Å². The van der Waals surface area contributed by atoms with Gasteiger partial charge < -0.3 is 10.4 Å². The van der Waals surface area contributed by atoms with Crippen LogP contribution in [0.1, 0.15) is 44.7 Å². The number of amides is 1. The van der Waals surface area contributed by atoms with Crippen molar-refractivity contribution in [2.24, 2.45) is 0 Å². The van der Waals surface area contributed by atoms with Crippen LogP contribution in [-0.4, -0.2) is 28.1 Å². The molecule has 0 aliphatic heterocycles. The Hall–Kier alpha value is -1.00. The van der Waals surface area contributed by atoms with E-state index in [0.29, 0.717) is 18.7 Å². The molecule has 2 N–H and O–H groups in total. The maximum absolute atomic E-state index is 11.9. The van der Waals surface area contributed by atoms with Crippen LogP contribution < -0.4 is 5.32 Å². The second kappa shape index (κ2) is 6.41. The van der Waals surface area contributed by atoms with Gasteiger partial charge in [-0.3, -0.25) is 4.79 Å². The number of aliphatic hydroxyl groups is 1. The molecule has 1 aromatic rings. The van der Waals surface area contributed by atoms with E-state index >= 15 is 0 Å². The number of nitrogens with one attached hydrogen (secondary N) is 1. The first-order valence-electron chi connectivity index (χ1n) is 7.52. The van der Waals surface area contributed by atoms with Crippen molar-refractivity contribution in [3.8, 4) is 0 Å². The minimum atomic E-state index is -0.920. The summed E-state index contributed by atoms with van der Waals surface area (Å²) in [6, 6.07) is 8.00. The predicted octanol–water partition coefficient (Wildman–Crippen LogP) is 2.86. The average molecular weight is 307 g/mol. The Morgan fingerprint density at radius 3 is 2.81 bits per heavy atom. The first kappa shape index (κ1) is 16.4. The van der Waals surface area contributed by atoms with Crippen LogP contribution >= 0.6 is 11.8 Å². The van der Waals surface area contributed by atoms with Gasteiger partial charge in [0.2, 0.25) is 5.91 Å². The van der Waals surface area contributed by atoms with Gasteiger partial charge in [-0.15, -0.1) is 11.8 Å². The van der Waals surface area contributed by atoms with E-state index in [9.17, 15) is 9.90 Å². The summed E-state index contributed by atoms with van der Waals surface area (Å²) in [5.41, 5.74) is 1.25. The largest absolute Gasteiger partial charge is 0.383 e. The fourth-order valence-corrected chi connectivity index (χ4v) is 3.33. The molecule has 1 aliphatic rings. The molecule has 1 aliphatic carbocycles. The number of thioether (sulfide) groups is 1. The SMILES string of the molecule is CC(C)(C)SCC(=O)NCC1(O)CCCc2ccccc21. The third kappa shape index (κ3) is 4.48. The van der Waals surface area contributed by atoms with Crippen LogP contribution in [0, 0.1) is 0 Å². The van der Waals surface area contributed by atoms with Crippen molar-refractivity contribution in [1.29, 1.82) is 0 Å². The van der Waals surface area contributed by atoms with E-state index in [1.807, 2.05) is 18.2 Å². The molecular formula is C17H25NO2S. The number of benzene rings is 1. The average Bonchev–Trinajstić information content (AvgIpc) is 2.43. The first-order valence-corrected chi connectivity index (χ1v) is 8.50. The lowest BCUT2D eigenvalue weighted by molar-refractivity contribution is -0.120. The summed E-state index contributed by atoms with van der Waals surface area (Å²) in [5.74, 6) is 0.424. The van der Waals surface area contributed by atoms with Gasteiger partial charge in [-0.1, -0.05) is 45.0 Å². The van der Waals surface area contributed by atoms with E-state index in [-0.39, 0.29) is 10.7 Å². The monoisotopic (exact) mass is 307 g/mol. The molecule has 0 fully saturated rings. The van der Waals surface area contributed by atoms with Crippen molar-refractivity contribution < 1.29 is 9.90 Å². The Labute approximate surface area is 131 Å². The Bertz CT molecular complexity index is 510. The molecule has 1 aromatic carbocycles. The summed E-state index contributed by atoms with van der Waals surface area (Å²) in [6.45, 7) is 6.58. The Kier molecular flexibility index (Phi) is 4.99. The van der Waals surface area contributed by atoms with Crippen molar-refractivity contribution in [3.63, 3.8) is 0 Å². The second-order valence-corrected chi connectivity index (χ2v) is 8.52. The van der Waals surface area contributed by atoms with E-state index in [1.54, 1.807) is 11.8 Å². The quantitative estimate of drug-likeness (QED) is 0.899. The number of rotatable bonds is 4. The van der Waals surface area contributed by atoms with E-state index in [2.05, 4.69) is 32.2 Å². The first-order chi connectivity index (χ1) is 9.80. The van der Waals surface area contributed by atoms with Gasteiger partial charge in [0.05, 0.1) is 12.3 Å². The highest BCUT2D eigenvalue weighted by atomic mass is 32.2. The number of hydrogen-bond donors (Lipinski definition) is 2. The molecule has 116 valence electrons. The molecule has 1 unspecified atom stereocenters. The molecule has 0 saturated heterocycles. The minimum absolute atomic E-state index is 0.00796. The van der Waals surface area contributed by atoms with Gasteiger partial charge in [0.15, 0.2) is 0 Å². The Morgan fingerprint density at radius 2 is 2.10 bits per heavy atom. The molecule has 2 rings (SSSR count). The zero-order valence-electron chi connectivity index (χ0n) is 13.1. The molecule has 0 radical (unpaired) electrons. The fourth-order valence-electron chi connectivity index (χ4n) is 2.66. The summed E-state index contributed by atoms with van der Waals surface area (Å²) >= 11 is 1.62. The number of aryl methyl sites for hydroxylation is 1. The number of fused-ring (bicyclic) bond motifs is 1. The summed E-state index contributed by atoms with van der Waals surface area (Å²) in [7, 11) is 0. The Morgan fingerprint density at radius 1 is 1.38 bits per heavy atom. The van der Waals surface area contributed by atoms with Gasteiger partial charge in [-0.25, -0.2) is 0 Å². The molecule has 0 bridgehead atoms. The maximum atomic E-state index is 11.9. The van der Waals surface area contributed by atoms with Crippen molar-refractivity contribution >= 4 is 17.7 Å². The van der Waals surface area contributed by atoms with Crippen LogP contribution in [0.2, 0.25) is 0 Å². The van der Waals surface area contributed by atoms with Crippen LogP contribution in [0.4, 0.5) is 0 Å². The molecule has 0 aromatic heterocycles. The van der Waals surface area contributed by atoms with E-state index < -0.39 is 5.60 Å². The van der Waals surface area contributed by atoms with E-state index in [1.165, 1.54) is 5.56 Å². The molecule has 0 saturated carbocycles. The lowest BCUT2D eigenvalue weighted by Crippen LogP contribution is -2.43. The predicted molar refractivity (Wildman–Crippen MR) is 88.5 cm³/mol. The topological polar surface area (TPSA) is 49.3 Å². The van der Waals surface area contributed by atoms with Gasteiger partial charge in [0.25, 0.3) is 0 Å². The molecular weight excluding hydrogens is 282 g/mol. The summed E-state index contributed by atoms with van der Waals surface area (Å²) in [4.78, 5) is 11.9. The third-order valence-electron chi connectivity index (χ3n) is 3.77. The van der Waals surface area contributed by atoms with Gasteiger partial charge >= 0.3 is 0 Å². The second-order valence-electron chi connectivity index (χ2n) is 6.72. The molecule has 1 amide bonds. The lowest BCUT2D eigenvalue weighted by atomic mass is 9.79. The zero-order chi connectivity index (χ0) is 15.5. The van der Waals surface area contributed by atoms with Crippen molar-refractivity contribution in [2.75, 3.05) is 12.3 Å². The van der Waals surface area contributed by atoms with Crippen molar-refractivity contribution in [3.05, 3.63) is 35.4 Å². The smallest absolute Gasteiger partial charge is 0.230 e. The summed E-state index contributed by atoms with van der Waals surface area (Å²) in [5, 5.41) is 13.8. The van der Waals surface area contributed by atoms with Gasteiger partial charge in [-0.2, -0.15) is 0 Å². The van der Waals surface area contributed by atoms with Crippen LogP contribution in [0.5, 0.6) is 0 Å². The molecule has 21 heavy (non-hydrogen) atoms. The van der Waals surface area contributed by atoms with E-state index in [4.69, 9.17) is 0 Å². The molecule has 3 nitrogen and oxygen atoms in total. The molecule has 0 spiro atoms. The number of hydrogen-bond acceptors (Lipinski definition) is 3. The minimum Gasteiger partial charge on any atom is -0.383 e. The number of carbonyl (C=O) groups excluding carboxylic acids is 1. The van der Waals surface area contributed by atoms with Gasteiger partial charge in [-0.05, 0) is 30.4 Å². The van der Waals surface area contributed by atoms with Crippen molar-refractivity contribution in [1.82, 2.24) is 5.32 Å². The summed E-state index contributed by atoms with van der Waals surface area (Å²) < 4.78 is 0.0751. The maximum Gasteiger partial charge on any atom is 0.230 e. The molecule has 4 heteroatoms. The van der Waals surface area contributed by atoms with Gasteiger partial charge in [0, 0.05) is 4.75 Å². The molecule has 0 heterocycles. The normalized spacial score (nSPS) is 21.7. The van der Waals surface area contributed by atoms with Crippen LogP contribution in [0.3, 0.4) is 0 Å².